The predicted octanol–water partition coefficient (Wildman–Crippen LogP) is 2.22. The lowest BCUT2D eigenvalue weighted by Crippen LogP contribution is -2.43. The maximum Gasteiger partial charge on any atom is 0.310 e. The fraction of sp³-hybridized carbons (Fsp3) is 0.750. The van der Waals surface area contributed by atoms with Crippen LogP contribution in [0.25, 0.3) is 0 Å². The van der Waals surface area contributed by atoms with Gasteiger partial charge in [-0.15, -0.1) is 0 Å². The Hall–Kier alpha value is -0.830. The predicted molar refractivity (Wildman–Crippen MR) is 56.6 cm³/mol. The van der Waals surface area contributed by atoms with Gasteiger partial charge in [0.15, 0.2) is 0 Å². The van der Waals surface area contributed by atoms with E-state index in [9.17, 15) is 9.90 Å². The maximum absolute atomic E-state index is 11.5. The number of rotatable bonds is 2. The molecular weight excluding hydrogens is 192 g/mol. The summed E-state index contributed by atoms with van der Waals surface area (Å²) in [5, 5.41) is 9.46. The van der Waals surface area contributed by atoms with Gasteiger partial charge < -0.3 is 9.84 Å². The molecule has 0 radical (unpaired) electrons. The third kappa shape index (κ3) is 1.93. The highest BCUT2D eigenvalue weighted by Crippen LogP contribution is 2.44. The second kappa shape index (κ2) is 4.35. The monoisotopic (exact) mass is 210 g/mol. The molecule has 1 atom stereocenters. The highest BCUT2D eigenvalue weighted by atomic mass is 16.5. The molecule has 1 N–H and O–H groups in total. The van der Waals surface area contributed by atoms with Gasteiger partial charge in [0.2, 0.25) is 0 Å². The molecule has 1 aliphatic carbocycles. The highest BCUT2D eigenvalue weighted by Gasteiger charge is 2.46. The van der Waals surface area contributed by atoms with Gasteiger partial charge in [0.1, 0.15) is 0 Å². The first-order valence-electron chi connectivity index (χ1n) is 5.72. The van der Waals surface area contributed by atoms with E-state index in [0.29, 0.717) is 32.0 Å². The Morgan fingerprint density at radius 1 is 1.33 bits per heavy atom. The van der Waals surface area contributed by atoms with Gasteiger partial charge in [0.05, 0.1) is 5.41 Å². The molecule has 84 valence electrons. The van der Waals surface area contributed by atoms with Crippen LogP contribution in [0.2, 0.25) is 0 Å². The van der Waals surface area contributed by atoms with Crippen LogP contribution in [0.1, 0.15) is 32.1 Å². The Morgan fingerprint density at radius 2 is 2.07 bits per heavy atom. The smallest absolute Gasteiger partial charge is 0.310 e. The largest absolute Gasteiger partial charge is 0.481 e. The number of hydrogen-bond donors (Lipinski definition) is 1. The summed E-state index contributed by atoms with van der Waals surface area (Å²) < 4.78 is 5.28. The molecule has 3 nitrogen and oxygen atoms in total. The van der Waals surface area contributed by atoms with E-state index in [1.165, 1.54) is 0 Å². The van der Waals surface area contributed by atoms with Crippen LogP contribution < -0.4 is 0 Å². The second-order valence-corrected chi connectivity index (χ2v) is 4.56. The van der Waals surface area contributed by atoms with E-state index < -0.39 is 11.4 Å². The molecule has 2 aliphatic rings. The van der Waals surface area contributed by atoms with Gasteiger partial charge in [-0.3, -0.25) is 4.79 Å². The lowest BCUT2D eigenvalue weighted by atomic mass is 9.66. The highest BCUT2D eigenvalue weighted by molar-refractivity contribution is 5.75. The Bertz CT molecular complexity index is 264. The van der Waals surface area contributed by atoms with Crippen molar-refractivity contribution < 1.29 is 14.6 Å². The van der Waals surface area contributed by atoms with Gasteiger partial charge in [-0.2, -0.15) is 0 Å². The third-order valence-corrected chi connectivity index (χ3v) is 3.86. The summed E-state index contributed by atoms with van der Waals surface area (Å²) in [6, 6.07) is 0. The molecular formula is C12H18O3. The van der Waals surface area contributed by atoms with Crippen LogP contribution >= 0.6 is 0 Å². The van der Waals surface area contributed by atoms with Gasteiger partial charge in [0, 0.05) is 13.2 Å². The Morgan fingerprint density at radius 3 is 2.60 bits per heavy atom. The first kappa shape index (κ1) is 10.7. The van der Waals surface area contributed by atoms with Crippen LogP contribution in [0.3, 0.4) is 0 Å². The minimum atomic E-state index is -0.619. The average molecular weight is 210 g/mol. The quantitative estimate of drug-likeness (QED) is 0.711. The molecule has 0 bridgehead atoms. The summed E-state index contributed by atoms with van der Waals surface area (Å²) in [6.45, 7) is 1.21. The SMILES string of the molecule is O=C(O)C1(C2CC=CCC2)CCOCC1. The summed E-state index contributed by atoms with van der Waals surface area (Å²) in [7, 11) is 0. The van der Waals surface area contributed by atoms with Crippen LogP contribution in [0.5, 0.6) is 0 Å². The third-order valence-electron chi connectivity index (χ3n) is 3.86. The zero-order valence-corrected chi connectivity index (χ0v) is 8.95. The number of carboxylic acid groups (broad SMARTS) is 1. The molecule has 0 aromatic heterocycles. The fourth-order valence-electron chi connectivity index (χ4n) is 2.83. The van der Waals surface area contributed by atoms with Crippen molar-refractivity contribution in [2.75, 3.05) is 13.2 Å². The van der Waals surface area contributed by atoms with Crippen molar-refractivity contribution in [3.63, 3.8) is 0 Å². The average Bonchev–Trinajstić information content (AvgIpc) is 2.31. The maximum atomic E-state index is 11.5. The summed E-state index contributed by atoms with van der Waals surface area (Å²) in [5.41, 5.74) is -0.511. The zero-order chi connectivity index (χ0) is 10.7. The molecule has 1 heterocycles. The van der Waals surface area contributed by atoms with Crippen LogP contribution in [-0.2, 0) is 9.53 Å². The number of ether oxygens (including phenoxy) is 1. The Balaban J connectivity index is 2.17. The number of aliphatic carboxylic acids is 1. The Kier molecular flexibility index (Phi) is 3.10. The molecule has 1 unspecified atom stereocenters. The van der Waals surface area contributed by atoms with Gasteiger partial charge >= 0.3 is 5.97 Å². The second-order valence-electron chi connectivity index (χ2n) is 4.56. The number of allylic oxidation sites excluding steroid dienone is 2. The topological polar surface area (TPSA) is 46.5 Å². The van der Waals surface area contributed by atoms with Crippen LogP contribution in [0.4, 0.5) is 0 Å². The molecule has 0 saturated carbocycles. The molecule has 3 heteroatoms. The number of carbonyl (C=O) groups is 1. The van der Waals surface area contributed by atoms with Crippen LogP contribution in [0.15, 0.2) is 12.2 Å². The van der Waals surface area contributed by atoms with E-state index in [1.54, 1.807) is 0 Å². The van der Waals surface area contributed by atoms with Crippen LogP contribution in [0, 0.1) is 11.3 Å². The minimum Gasteiger partial charge on any atom is -0.481 e. The summed E-state index contributed by atoms with van der Waals surface area (Å²) in [5.74, 6) is -0.310. The van der Waals surface area contributed by atoms with E-state index in [0.717, 1.165) is 19.3 Å². The van der Waals surface area contributed by atoms with Crippen molar-refractivity contribution >= 4 is 5.97 Å². The number of carboxylic acids is 1. The molecule has 1 saturated heterocycles. The van der Waals surface area contributed by atoms with Crippen LogP contribution in [-0.4, -0.2) is 24.3 Å². The van der Waals surface area contributed by atoms with Crippen molar-refractivity contribution in [1.29, 1.82) is 0 Å². The lowest BCUT2D eigenvalue weighted by Gasteiger charge is -2.40. The van der Waals surface area contributed by atoms with Gasteiger partial charge in [-0.05, 0) is 38.0 Å². The lowest BCUT2D eigenvalue weighted by molar-refractivity contribution is -0.160. The molecule has 0 aromatic carbocycles. The molecule has 1 fully saturated rings. The first-order chi connectivity index (χ1) is 7.26. The van der Waals surface area contributed by atoms with E-state index >= 15 is 0 Å². The Labute approximate surface area is 90.1 Å². The molecule has 2 rings (SSSR count). The van der Waals surface area contributed by atoms with E-state index in [1.807, 2.05) is 0 Å². The van der Waals surface area contributed by atoms with Crippen molar-refractivity contribution in [2.24, 2.45) is 11.3 Å². The molecule has 0 aromatic rings. The normalized spacial score (nSPS) is 30.0. The fourth-order valence-corrected chi connectivity index (χ4v) is 2.83. The standard InChI is InChI=1S/C12H18O3/c13-11(14)12(6-8-15-9-7-12)10-4-2-1-3-5-10/h1-2,10H,3-9H2,(H,13,14). The van der Waals surface area contributed by atoms with E-state index in [2.05, 4.69) is 12.2 Å². The first-order valence-corrected chi connectivity index (χ1v) is 5.72. The van der Waals surface area contributed by atoms with Gasteiger partial charge in [-0.1, -0.05) is 12.2 Å². The van der Waals surface area contributed by atoms with Crippen molar-refractivity contribution in [3.8, 4) is 0 Å². The number of hydrogen-bond acceptors (Lipinski definition) is 2. The van der Waals surface area contributed by atoms with Crippen molar-refractivity contribution in [3.05, 3.63) is 12.2 Å². The van der Waals surface area contributed by atoms with E-state index in [4.69, 9.17) is 4.74 Å². The molecule has 1 aliphatic heterocycles. The summed E-state index contributed by atoms with van der Waals surface area (Å²) in [4.78, 5) is 11.5. The molecule has 0 amide bonds. The summed E-state index contributed by atoms with van der Waals surface area (Å²) >= 11 is 0. The van der Waals surface area contributed by atoms with Gasteiger partial charge in [-0.25, -0.2) is 0 Å². The zero-order valence-electron chi connectivity index (χ0n) is 8.95. The minimum absolute atomic E-state index is 0.309. The van der Waals surface area contributed by atoms with Gasteiger partial charge in [0.25, 0.3) is 0 Å². The molecule has 0 spiro atoms. The molecule has 15 heavy (non-hydrogen) atoms. The van der Waals surface area contributed by atoms with Crippen molar-refractivity contribution in [2.45, 2.75) is 32.1 Å². The van der Waals surface area contributed by atoms with Crippen molar-refractivity contribution in [1.82, 2.24) is 0 Å². The summed E-state index contributed by atoms with van der Waals surface area (Å²) in [6.07, 6.45) is 8.62. The van der Waals surface area contributed by atoms with E-state index in [-0.39, 0.29) is 0 Å².